The summed E-state index contributed by atoms with van der Waals surface area (Å²) in [5, 5.41) is 0. The second kappa shape index (κ2) is 16.9. The summed E-state index contributed by atoms with van der Waals surface area (Å²) in [6.07, 6.45) is 18.0. The van der Waals surface area contributed by atoms with E-state index in [2.05, 4.69) is 33.1 Å². The van der Waals surface area contributed by atoms with E-state index in [0.29, 0.717) is 0 Å². The van der Waals surface area contributed by atoms with Gasteiger partial charge in [-0.15, -0.1) is 0 Å². The van der Waals surface area contributed by atoms with Crippen molar-refractivity contribution in [3.8, 4) is 0 Å². The van der Waals surface area contributed by atoms with Gasteiger partial charge in [0.1, 0.15) is 0 Å². The first-order valence-electron chi connectivity index (χ1n) is 11.1. The van der Waals surface area contributed by atoms with Gasteiger partial charge in [-0.25, -0.2) is 5.84 Å². The van der Waals surface area contributed by atoms with E-state index in [1.807, 2.05) is 0 Å². The van der Waals surface area contributed by atoms with Gasteiger partial charge in [0, 0.05) is 5.92 Å². The van der Waals surface area contributed by atoms with Crippen LogP contribution in [-0.2, 0) is 4.79 Å². The third kappa shape index (κ3) is 11.6. The summed E-state index contributed by atoms with van der Waals surface area (Å²) >= 11 is 0. The molecule has 3 heteroatoms. The Bertz CT molecular complexity index is 306. The molecule has 0 aliphatic heterocycles. The number of amides is 1. The van der Waals surface area contributed by atoms with Crippen molar-refractivity contribution in [1.82, 2.24) is 5.43 Å². The summed E-state index contributed by atoms with van der Waals surface area (Å²) in [7, 11) is 0. The Labute approximate surface area is 157 Å². The van der Waals surface area contributed by atoms with E-state index >= 15 is 0 Å². The second-order valence-electron chi connectivity index (χ2n) is 7.82. The van der Waals surface area contributed by atoms with Gasteiger partial charge in [0.2, 0.25) is 5.91 Å². The summed E-state index contributed by atoms with van der Waals surface area (Å²) in [5.41, 5.74) is 2.30. The molecule has 0 fully saturated rings. The van der Waals surface area contributed by atoms with Crippen LogP contribution in [-0.4, -0.2) is 5.91 Å². The standard InChI is InChI=1S/C22H46N2O/c1-5-9-10-12-18-21(15-6-2)19(7-3)16-13-11-14-17-20(8-4)22(25)24-23/h19-21H,5-18,23H2,1-4H3,(H,24,25). The molecule has 3 N–H and O–H groups in total. The first kappa shape index (κ1) is 24.4. The highest BCUT2D eigenvalue weighted by Crippen LogP contribution is 2.31. The SMILES string of the molecule is CCCCCCC(CCC)C(CC)CCCCCC(CC)C(=O)NN. The first-order chi connectivity index (χ1) is 12.1. The molecule has 3 nitrogen and oxygen atoms in total. The third-order valence-electron chi connectivity index (χ3n) is 5.91. The van der Waals surface area contributed by atoms with Crippen LogP contribution < -0.4 is 11.3 Å². The van der Waals surface area contributed by atoms with E-state index in [9.17, 15) is 4.79 Å². The zero-order valence-corrected chi connectivity index (χ0v) is 17.6. The van der Waals surface area contributed by atoms with Crippen molar-refractivity contribution in [1.29, 1.82) is 0 Å². The number of unbranched alkanes of at least 4 members (excludes halogenated alkanes) is 5. The minimum atomic E-state index is 0.00373. The fourth-order valence-electron chi connectivity index (χ4n) is 4.21. The number of nitrogens with one attached hydrogen (secondary N) is 1. The van der Waals surface area contributed by atoms with Gasteiger partial charge in [0.05, 0.1) is 0 Å². The van der Waals surface area contributed by atoms with Crippen molar-refractivity contribution in [3.63, 3.8) is 0 Å². The number of rotatable bonds is 17. The number of hydrogen-bond acceptors (Lipinski definition) is 2. The first-order valence-corrected chi connectivity index (χ1v) is 11.1. The van der Waals surface area contributed by atoms with Crippen molar-refractivity contribution in [3.05, 3.63) is 0 Å². The van der Waals surface area contributed by atoms with Crippen LogP contribution >= 0.6 is 0 Å². The quantitative estimate of drug-likeness (QED) is 0.138. The Hall–Kier alpha value is -0.570. The molecule has 0 saturated heterocycles. The summed E-state index contributed by atoms with van der Waals surface area (Å²) in [4.78, 5) is 11.6. The summed E-state index contributed by atoms with van der Waals surface area (Å²) in [6, 6.07) is 0. The molecule has 0 saturated carbocycles. The lowest BCUT2D eigenvalue weighted by molar-refractivity contribution is -0.125. The Balaban J connectivity index is 4.11. The maximum absolute atomic E-state index is 11.6. The van der Waals surface area contributed by atoms with Gasteiger partial charge in [-0.3, -0.25) is 10.2 Å². The predicted octanol–water partition coefficient (Wildman–Crippen LogP) is 6.37. The van der Waals surface area contributed by atoms with E-state index in [1.165, 1.54) is 70.6 Å². The Morgan fingerprint density at radius 1 is 0.720 bits per heavy atom. The summed E-state index contributed by atoms with van der Waals surface area (Å²) < 4.78 is 0. The largest absolute Gasteiger partial charge is 0.294 e. The Kier molecular flexibility index (Phi) is 16.5. The second-order valence-corrected chi connectivity index (χ2v) is 7.82. The van der Waals surface area contributed by atoms with Gasteiger partial charge in [-0.2, -0.15) is 0 Å². The molecule has 0 aromatic heterocycles. The van der Waals surface area contributed by atoms with Gasteiger partial charge in [0.25, 0.3) is 0 Å². The van der Waals surface area contributed by atoms with Gasteiger partial charge >= 0.3 is 0 Å². The normalized spacial score (nSPS) is 14.9. The molecule has 0 rings (SSSR count). The number of carbonyl (C=O) groups is 1. The predicted molar refractivity (Wildman–Crippen MR) is 110 cm³/mol. The highest BCUT2D eigenvalue weighted by atomic mass is 16.2. The van der Waals surface area contributed by atoms with Crippen LogP contribution in [0.2, 0.25) is 0 Å². The van der Waals surface area contributed by atoms with Crippen molar-refractivity contribution in [2.75, 3.05) is 0 Å². The number of hydrazine groups is 1. The molecule has 0 spiro atoms. The smallest absolute Gasteiger partial charge is 0.236 e. The number of nitrogens with two attached hydrogens (primary N) is 1. The Morgan fingerprint density at radius 2 is 1.32 bits per heavy atom. The highest BCUT2D eigenvalue weighted by molar-refractivity contribution is 5.77. The molecular formula is C22H46N2O. The number of carbonyl (C=O) groups excluding carboxylic acids is 1. The van der Waals surface area contributed by atoms with Crippen molar-refractivity contribution in [2.45, 2.75) is 118 Å². The van der Waals surface area contributed by atoms with Crippen molar-refractivity contribution < 1.29 is 4.79 Å². The van der Waals surface area contributed by atoms with Crippen molar-refractivity contribution >= 4 is 5.91 Å². The van der Waals surface area contributed by atoms with Crippen LogP contribution in [0.3, 0.4) is 0 Å². The zero-order valence-electron chi connectivity index (χ0n) is 17.6. The third-order valence-corrected chi connectivity index (χ3v) is 5.91. The molecule has 3 unspecified atom stereocenters. The molecule has 25 heavy (non-hydrogen) atoms. The van der Waals surface area contributed by atoms with Crippen LogP contribution in [0, 0.1) is 17.8 Å². The molecule has 0 radical (unpaired) electrons. The van der Waals surface area contributed by atoms with E-state index in [-0.39, 0.29) is 11.8 Å². The maximum atomic E-state index is 11.6. The van der Waals surface area contributed by atoms with Gasteiger partial charge in [-0.05, 0) is 24.7 Å². The fraction of sp³-hybridized carbons (Fsp3) is 0.955. The molecule has 0 aliphatic carbocycles. The zero-order chi connectivity index (χ0) is 18.9. The average molecular weight is 355 g/mol. The van der Waals surface area contributed by atoms with Crippen LogP contribution in [0.1, 0.15) is 118 Å². The van der Waals surface area contributed by atoms with Gasteiger partial charge in [0.15, 0.2) is 0 Å². The molecule has 1 amide bonds. The maximum Gasteiger partial charge on any atom is 0.236 e. The van der Waals surface area contributed by atoms with Crippen LogP contribution in [0.4, 0.5) is 0 Å². The minimum Gasteiger partial charge on any atom is -0.294 e. The van der Waals surface area contributed by atoms with Crippen molar-refractivity contribution in [2.24, 2.45) is 23.6 Å². The fourth-order valence-corrected chi connectivity index (χ4v) is 4.21. The molecular weight excluding hydrogens is 308 g/mol. The lowest BCUT2D eigenvalue weighted by atomic mass is 9.80. The highest BCUT2D eigenvalue weighted by Gasteiger charge is 2.19. The molecule has 0 aromatic rings. The van der Waals surface area contributed by atoms with E-state index in [1.54, 1.807) is 0 Å². The molecule has 0 aromatic carbocycles. The van der Waals surface area contributed by atoms with Crippen LogP contribution in [0.15, 0.2) is 0 Å². The minimum absolute atomic E-state index is 0.00373. The number of hydrogen-bond donors (Lipinski definition) is 2. The topological polar surface area (TPSA) is 55.1 Å². The monoisotopic (exact) mass is 354 g/mol. The van der Waals surface area contributed by atoms with E-state index < -0.39 is 0 Å². The average Bonchev–Trinajstić information content (AvgIpc) is 2.63. The van der Waals surface area contributed by atoms with Crippen LogP contribution in [0.25, 0.3) is 0 Å². The molecule has 0 bridgehead atoms. The lowest BCUT2D eigenvalue weighted by Crippen LogP contribution is -2.35. The Morgan fingerprint density at radius 3 is 1.84 bits per heavy atom. The molecule has 3 atom stereocenters. The molecule has 0 heterocycles. The molecule has 150 valence electrons. The van der Waals surface area contributed by atoms with Crippen LogP contribution in [0.5, 0.6) is 0 Å². The molecule has 0 aliphatic rings. The summed E-state index contributed by atoms with van der Waals surface area (Å²) in [5.74, 6) is 7.19. The van der Waals surface area contributed by atoms with E-state index in [4.69, 9.17) is 5.84 Å². The van der Waals surface area contributed by atoms with Gasteiger partial charge in [-0.1, -0.05) is 105 Å². The van der Waals surface area contributed by atoms with E-state index in [0.717, 1.165) is 31.1 Å². The lowest BCUT2D eigenvalue weighted by Gasteiger charge is -2.26. The van der Waals surface area contributed by atoms with Gasteiger partial charge < -0.3 is 0 Å². The summed E-state index contributed by atoms with van der Waals surface area (Å²) in [6.45, 7) is 9.07.